The highest BCUT2D eigenvalue weighted by molar-refractivity contribution is 6.03. The number of amides is 1. The van der Waals surface area contributed by atoms with E-state index in [0.29, 0.717) is 29.6 Å². The van der Waals surface area contributed by atoms with E-state index in [1.165, 1.54) is 24.1 Å². The molecule has 0 fully saturated rings. The summed E-state index contributed by atoms with van der Waals surface area (Å²) in [5.41, 5.74) is -0.239. The van der Waals surface area contributed by atoms with Crippen LogP contribution in [0.15, 0.2) is 48.7 Å². The maximum absolute atomic E-state index is 13.8. The molecule has 0 spiro atoms. The molecule has 0 atom stereocenters. The van der Waals surface area contributed by atoms with E-state index in [2.05, 4.69) is 10.4 Å². The predicted molar refractivity (Wildman–Crippen MR) is 94.2 cm³/mol. The summed E-state index contributed by atoms with van der Waals surface area (Å²) in [6.07, 6.45) is -3.16. The van der Waals surface area contributed by atoms with Crippen LogP contribution in [0.4, 0.5) is 23.2 Å². The van der Waals surface area contributed by atoms with Gasteiger partial charge in [0.25, 0.3) is 5.91 Å². The zero-order valence-corrected chi connectivity index (χ0v) is 14.8. The van der Waals surface area contributed by atoms with Gasteiger partial charge in [0.1, 0.15) is 17.3 Å². The van der Waals surface area contributed by atoms with Crippen LogP contribution >= 0.6 is 0 Å². The van der Waals surface area contributed by atoms with Crippen LogP contribution in [0.1, 0.15) is 21.6 Å². The molecule has 1 aromatic heterocycles. The topological polar surface area (TPSA) is 56.1 Å². The van der Waals surface area contributed by atoms with Crippen LogP contribution in [0.25, 0.3) is 5.69 Å². The minimum absolute atomic E-state index is 0.0969. The van der Waals surface area contributed by atoms with Gasteiger partial charge in [0.15, 0.2) is 5.69 Å². The third kappa shape index (κ3) is 3.98. The first-order valence-corrected chi connectivity index (χ1v) is 8.08. The van der Waals surface area contributed by atoms with Crippen molar-refractivity contribution in [1.29, 1.82) is 0 Å². The number of aryl methyl sites for hydroxylation is 1. The van der Waals surface area contributed by atoms with Crippen LogP contribution in [0.3, 0.4) is 0 Å². The van der Waals surface area contributed by atoms with Gasteiger partial charge in [0.2, 0.25) is 0 Å². The van der Waals surface area contributed by atoms with E-state index < -0.39 is 29.2 Å². The van der Waals surface area contributed by atoms with E-state index >= 15 is 0 Å². The molecule has 2 aromatic carbocycles. The van der Waals surface area contributed by atoms with Gasteiger partial charge in [0.05, 0.1) is 18.4 Å². The Morgan fingerprint density at radius 3 is 2.57 bits per heavy atom. The van der Waals surface area contributed by atoms with E-state index in [1.807, 2.05) is 13.0 Å². The molecule has 9 heteroatoms. The lowest BCUT2D eigenvalue weighted by Gasteiger charge is -2.10. The zero-order chi connectivity index (χ0) is 20.5. The molecular weight excluding hydrogens is 378 g/mol. The van der Waals surface area contributed by atoms with E-state index in [1.54, 1.807) is 12.1 Å². The van der Waals surface area contributed by atoms with Gasteiger partial charge in [-0.15, -0.1) is 0 Å². The molecule has 0 aliphatic rings. The van der Waals surface area contributed by atoms with Crippen LogP contribution in [0.2, 0.25) is 0 Å². The maximum atomic E-state index is 13.8. The summed E-state index contributed by atoms with van der Waals surface area (Å²) >= 11 is 0. The lowest BCUT2D eigenvalue weighted by Crippen LogP contribution is -2.15. The molecule has 0 aliphatic carbocycles. The molecule has 0 unspecified atom stereocenters. The Balaban J connectivity index is 1.87. The minimum atomic E-state index is -4.66. The van der Waals surface area contributed by atoms with Gasteiger partial charge < -0.3 is 10.1 Å². The third-order valence-corrected chi connectivity index (χ3v) is 3.94. The summed E-state index contributed by atoms with van der Waals surface area (Å²) in [5.74, 6) is -1.31. The molecule has 1 amide bonds. The third-order valence-electron chi connectivity index (χ3n) is 3.94. The molecule has 0 saturated heterocycles. The average molecular weight is 393 g/mol. The van der Waals surface area contributed by atoms with Gasteiger partial charge in [-0.05, 0) is 48.9 Å². The minimum Gasteiger partial charge on any atom is -0.494 e. The standard InChI is InChI=1S/C19H15F4N3O2/c1-11-3-6-17(28-2)16(9-11)26-8-7-14(25-26)18(27)24-15-10-12(19(21,22)23)4-5-13(15)20/h3-10H,1-2H3,(H,24,27). The molecule has 1 heterocycles. The molecular formula is C19H15F4N3O2. The summed E-state index contributed by atoms with van der Waals surface area (Å²) in [6.45, 7) is 1.87. The average Bonchev–Trinajstić information content (AvgIpc) is 3.12. The highest BCUT2D eigenvalue weighted by Crippen LogP contribution is 2.32. The number of anilines is 1. The summed E-state index contributed by atoms with van der Waals surface area (Å²) in [5, 5.41) is 6.23. The Morgan fingerprint density at radius 1 is 1.14 bits per heavy atom. The molecule has 5 nitrogen and oxygen atoms in total. The Kier molecular flexibility index (Phi) is 5.08. The number of benzene rings is 2. The molecule has 0 bridgehead atoms. The lowest BCUT2D eigenvalue weighted by molar-refractivity contribution is -0.137. The lowest BCUT2D eigenvalue weighted by atomic mass is 10.2. The van der Waals surface area contributed by atoms with E-state index in [4.69, 9.17) is 4.74 Å². The smallest absolute Gasteiger partial charge is 0.416 e. The monoisotopic (exact) mass is 393 g/mol. The number of rotatable bonds is 4. The number of halogens is 4. The molecule has 3 aromatic rings. The van der Waals surface area contributed by atoms with Crippen LogP contribution in [0.5, 0.6) is 5.75 Å². The maximum Gasteiger partial charge on any atom is 0.416 e. The molecule has 0 saturated carbocycles. The Morgan fingerprint density at radius 2 is 1.89 bits per heavy atom. The zero-order valence-electron chi connectivity index (χ0n) is 14.8. The Labute approximate surface area is 157 Å². The fourth-order valence-electron chi connectivity index (χ4n) is 2.54. The van der Waals surface area contributed by atoms with Crippen molar-refractivity contribution in [3.05, 3.63) is 71.3 Å². The fourth-order valence-corrected chi connectivity index (χ4v) is 2.54. The molecule has 146 valence electrons. The normalized spacial score (nSPS) is 11.4. The first-order valence-electron chi connectivity index (χ1n) is 8.08. The summed E-state index contributed by atoms with van der Waals surface area (Å²) in [6, 6.07) is 8.52. The fraction of sp³-hybridized carbons (Fsp3) is 0.158. The Bertz CT molecular complexity index is 1030. The number of alkyl halides is 3. The number of nitrogens with zero attached hydrogens (tertiary/aromatic N) is 2. The van der Waals surface area contributed by atoms with Gasteiger partial charge in [-0.1, -0.05) is 6.07 Å². The van der Waals surface area contributed by atoms with Crippen LogP contribution < -0.4 is 10.1 Å². The first-order chi connectivity index (χ1) is 13.2. The second-order valence-corrected chi connectivity index (χ2v) is 5.97. The number of aromatic nitrogens is 2. The number of nitrogens with one attached hydrogen (secondary N) is 1. The van der Waals surface area contributed by atoms with Crippen molar-refractivity contribution in [3.63, 3.8) is 0 Å². The number of carbonyl (C=O) groups is 1. The molecule has 0 radical (unpaired) electrons. The number of hydrogen-bond donors (Lipinski definition) is 1. The highest BCUT2D eigenvalue weighted by atomic mass is 19.4. The number of carbonyl (C=O) groups excluding carboxylic acids is 1. The Hall–Kier alpha value is -3.36. The quantitative estimate of drug-likeness (QED) is 0.659. The first kappa shape index (κ1) is 19.4. The molecule has 3 rings (SSSR count). The second-order valence-electron chi connectivity index (χ2n) is 5.97. The van der Waals surface area contributed by atoms with Crippen molar-refractivity contribution >= 4 is 11.6 Å². The summed E-state index contributed by atoms with van der Waals surface area (Å²) in [7, 11) is 1.49. The summed E-state index contributed by atoms with van der Waals surface area (Å²) in [4.78, 5) is 12.3. The van der Waals surface area contributed by atoms with Crippen molar-refractivity contribution in [2.24, 2.45) is 0 Å². The summed E-state index contributed by atoms with van der Waals surface area (Å²) < 4.78 is 58.9. The molecule has 28 heavy (non-hydrogen) atoms. The largest absolute Gasteiger partial charge is 0.494 e. The van der Waals surface area contributed by atoms with Gasteiger partial charge in [-0.3, -0.25) is 4.79 Å². The van der Waals surface area contributed by atoms with E-state index in [9.17, 15) is 22.4 Å². The molecule has 0 aliphatic heterocycles. The van der Waals surface area contributed by atoms with Crippen LogP contribution in [-0.4, -0.2) is 22.8 Å². The number of hydrogen-bond acceptors (Lipinski definition) is 3. The van der Waals surface area contributed by atoms with Crippen molar-refractivity contribution in [2.45, 2.75) is 13.1 Å². The van der Waals surface area contributed by atoms with Gasteiger partial charge in [-0.25, -0.2) is 9.07 Å². The van der Waals surface area contributed by atoms with Crippen molar-refractivity contribution in [2.75, 3.05) is 12.4 Å². The van der Waals surface area contributed by atoms with E-state index in [0.717, 1.165) is 5.56 Å². The van der Waals surface area contributed by atoms with Gasteiger partial charge in [0, 0.05) is 6.20 Å². The SMILES string of the molecule is COc1ccc(C)cc1-n1ccc(C(=O)Nc2cc(C(F)(F)F)ccc2F)n1. The van der Waals surface area contributed by atoms with Crippen LogP contribution in [0, 0.1) is 12.7 Å². The van der Waals surface area contributed by atoms with Crippen molar-refractivity contribution < 1.29 is 27.1 Å². The van der Waals surface area contributed by atoms with Crippen molar-refractivity contribution in [3.8, 4) is 11.4 Å². The predicted octanol–water partition coefficient (Wildman–Crippen LogP) is 4.60. The van der Waals surface area contributed by atoms with E-state index in [-0.39, 0.29) is 5.69 Å². The highest BCUT2D eigenvalue weighted by Gasteiger charge is 2.31. The number of ether oxygens (including phenoxy) is 1. The van der Waals surface area contributed by atoms with Crippen molar-refractivity contribution in [1.82, 2.24) is 9.78 Å². The van der Waals surface area contributed by atoms with Gasteiger partial charge >= 0.3 is 6.18 Å². The second kappa shape index (κ2) is 7.34. The molecule has 1 N–H and O–H groups in total. The van der Waals surface area contributed by atoms with Gasteiger partial charge in [-0.2, -0.15) is 18.3 Å². The van der Waals surface area contributed by atoms with Crippen LogP contribution in [-0.2, 0) is 6.18 Å². The number of methoxy groups -OCH3 is 1.